The van der Waals surface area contributed by atoms with Crippen molar-refractivity contribution in [3.8, 4) is 0 Å². The van der Waals surface area contributed by atoms with E-state index < -0.39 is 11.4 Å². The van der Waals surface area contributed by atoms with Gasteiger partial charge in [0.25, 0.3) is 0 Å². The van der Waals surface area contributed by atoms with Crippen LogP contribution in [0.2, 0.25) is 0 Å². The summed E-state index contributed by atoms with van der Waals surface area (Å²) in [6.07, 6.45) is 2.66. The van der Waals surface area contributed by atoms with Crippen LogP contribution >= 0.6 is 0 Å². The standard InChI is InChI=1S/C15H26N2O4/c1-11(18)12-4-8-16(9-5-12)14(21)17-7-3-6-15(2,10-17)13(19)20/h11-12,18H,3-10H2,1-2H3,(H,19,20). The third kappa shape index (κ3) is 3.48. The Morgan fingerprint density at radius 2 is 1.81 bits per heavy atom. The Kier molecular flexibility index (Phi) is 4.76. The molecular formula is C15H26N2O4. The molecule has 6 nitrogen and oxygen atoms in total. The van der Waals surface area contributed by atoms with E-state index >= 15 is 0 Å². The average molecular weight is 298 g/mol. The van der Waals surface area contributed by atoms with E-state index in [1.165, 1.54) is 0 Å². The summed E-state index contributed by atoms with van der Waals surface area (Å²) in [4.78, 5) is 27.4. The van der Waals surface area contributed by atoms with Crippen molar-refractivity contribution >= 4 is 12.0 Å². The smallest absolute Gasteiger partial charge is 0.320 e. The van der Waals surface area contributed by atoms with Crippen molar-refractivity contribution in [2.45, 2.75) is 45.6 Å². The zero-order valence-electron chi connectivity index (χ0n) is 12.9. The number of carbonyl (C=O) groups is 2. The summed E-state index contributed by atoms with van der Waals surface area (Å²) >= 11 is 0. The lowest BCUT2D eigenvalue weighted by molar-refractivity contribution is -0.150. The zero-order chi connectivity index (χ0) is 15.6. The van der Waals surface area contributed by atoms with Crippen molar-refractivity contribution in [1.82, 2.24) is 9.80 Å². The maximum Gasteiger partial charge on any atom is 0.320 e. The number of carbonyl (C=O) groups excluding carboxylic acids is 1. The number of rotatable bonds is 2. The maximum atomic E-state index is 12.5. The highest BCUT2D eigenvalue weighted by Crippen LogP contribution is 2.31. The molecule has 120 valence electrons. The second-order valence-electron chi connectivity index (χ2n) is 6.74. The van der Waals surface area contributed by atoms with E-state index in [0.29, 0.717) is 26.1 Å². The molecule has 2 fully saturated rings. The first-order chi connectivity index (χ1) is 9.83. The lowest BCUT2D eigenvalue weighted by atomic mass is 9.82. The molecule has 2 unspecified atom stereocenters. The van der Waals surface area contributed by atoms with Crippen molar-refractivity contribution in [3.63, 3.8) is 0 Å². The molecule has 0 bridgehead atoms. The quantitative estimate of drug-likeness (QED) is 0.807. The highest BCUT2D eigenvalue weighted by Gasteiger charge is 2.40. The minimum Gasteiger partial charge on any atom is -0.481 e. The predicted octanol–water partition coefficient (Wildman–Crippen LogP) is 1.39. The normalized spacial score (nSPS) is 29.3. The topological polar surface area (TPSA) is 81.1 Å². The van der Waals surface area contributed by atoms with E-state index in [0.717, 1.165) is 19.3 Å². The molecule has 0 spiro atoms. The van der Waals surface area contributed by atoms with Gasteiger partial charge >= 0.3 is 12.0 Å². The van der Waals surface area contributed by atoms with Crippen LogP contribution in [0.25, 0.3) is 0 Å². The van der Waals surface area contributed by atoms with Crippen molar-refractivity contribution < 1.29 is 19.8 Å². The van der Waals surface area contributed by atoms with Gasteiger partial charge in [0.05, 0.1) is 11.5 Å². The van der Waals surface area contributed by atoms with Gasteiger partial charge < -0.3 is 20.0 Å². The Morgan fingerprint density at radius 3 is 2.33 bits per heavy atom. The molecule has 0 radical (unpaired) electrons. The van der Waals surface area contributed by atoms with E-state index in [2.05, 4.69) is 0 Å². The first-order valence-electron chi connectivity index (χ1n) is 7.79. The Bertz CT molecular complexity index is 404. The molecule has 2 heterocycles. The van der Waals surface area contributed by atoms with Crippen molar-refractivity contribution in [2.75, 3.05) is 26.2 Å². The Hall–Kier alpha value is -1.30. The summed E-state index contributed by atoms with van der Waals surface area (Å²) < 4.78 is 0. The molecule has 2 saturated heterocycles. The van der Waals surface area contributed by atoms with Gasteiger partial charge in [-0.25, -0.2) is 4.79 Å². The second-order valence-corrected chi connectivity index (χ2v) is 6.74. The molecule has 21 heavy (non-hydrogen) atoms. The first kappa shape index (κ1) is 16.1. The summed E-state index contributed by atoms with van der Waals surface area (Å²) in [6, 6.07) is -0.0498. The van der Waals surface area contributed by atoms with Gasteiger partial charge in [-0.3, -0.25) is 4.79 Å². The Balaban J connectivity index is 1.93. The molecule has 2 aliphatic heterocycles. The van der Waals surface area contributed by atoms with Gasteiger partial charge in [0.1, 0.15) is 0 Å². The number of amides is 2. The van der Waals surface area contributed by atoms with Crippen LogP contribution in [0.1, 0.15) is 39.5 Å². The molecular weight excluding hydrogens is 272 g/mol. The number of hydrogen-bond acceptors (Lipinski definition) is 3. The minimum absolute atomic E-state index is 0.0498. The van der Waals surface area contributed by atoms with Crippen LogP contribution in [0, 0.1) is 11.3 Å². The predicted molar refractivity (Wildman–Crippen MR) is 77.9 cm³/mol. The average Bonchev–Trinajstić information content (AvgIpc) is 2.46. The highest BCUT2D eigenvalue weighted by molar-refractivity contribution is 5.78. The van der Waals surface area contributed by atoms with Crippen LogP contribution in [0.4, 0.5) is 4.79 Å². The van der Waals surface area contributed by atoms with E-state index in [4.69, 9.17) is 0 Å². The van der Waals surface area contributed by atoms with Crippen LogP contribution in [0.15, 0.2) is 0 Å². The Labute approximate surface area is 125 Å². The Morgan fingerprint density at radius 1 is 1.19 bits per heavy atom. The number of carboxylic acids is 1. The number of nitrogens with zero attached hydrogens (tertiary/aromatic N) is 2. The fraction of sp³-hybridized carbons (Fsp3) is 0.867. The third-order valence-corrected chi connectivity index (χ3v) is 4.98. The summed E-state index contributed by atoms with van der Waals surface area (Å²) in [5, 5.41) is 18.9. The number of aliphatic carboxylic acids is 1. The van der Waals surface area contributed by atoms with Crippen LogP contribution in [0.3, 0.4) is 0 Å². The third-order valence-electron chi connectivity index (χ3n) is 4.98. The van der Waals surface area contributed by atoms with Crippen LogP contribution in [0.5, 0.6) is 0 Å². The van der Waals surface area contributed by atoms with E-state index in [-0.39, 0.29) is 24.6 Å². The molecule has 2 rings (SSSR count). The number of piperidine rings is 2. The number of urea groups is 1. The van der Waals surface area contributed by atoms with Crippen LogP contribution in [-0.2, 0) is 4.79 Å². The van der Waals surface area contributed by atoms with Crippen molar-refractivity contribution in [1.29, 1.82) is 0 Å². The highest BCUT2D eigenvalue weighted by atomic mass is 16.4. The van der Waals surface area contributed by atoms with Gasteiger partial charge in [0.15, 0.2) is 0 Å². The number of likely N-dealkylation sites (tertiary alicyclic amines) is 2. The van der Waals surface area contributed by atoms with Gasteiger partial charge in [-0.1, -0.05) is 0 Å². The van der Waals surface area contributed by atoms with Gasteiger partial charge in [-0.15, -0.1) is 0 Å². The number of aliphatic hydroxyl groups excluding tert-OH is 1. The van der Waals surface area contributed by atoms with Crippen LogP contribution in [-0.4, -0.2) is 64.3 Å². The van der Waals surface area contributed by atoms with Gasteiger partial charge in [-0.05, 0) is 45.4 Å². The molecule has 0 aromatic carbocycles. The molecule has 6 heteroatoms. The lowest BCUT2D eigenvalue weighted by Crippen LogP contribution is -2.54. The monoisotopic (exact) mass is 298 g/mol. The van der Waals surface area contributed by atoms with Gasteiger partial charge in [-0.2, -0.15) is 0 Å². The molecule has 0 aromatic heterocycles. The van der Waals surface area contributed by atoms with Crippen molar-refractivity contribution in [3.05, 3.63) is 0 Å². The number of carboxylic acid groups (broad SMARTS) is 1. The zero-order valence-corrected chi connectivity index (χ0v) is 12.9. The summed E-state index contributed by atoms with van der Waals surface area (Å²) in [5.41, 5.74) is -0.828. The molecule has 0 aliphatic carbocycles. The lowest BCUT2D eigenvalue weighted by Gasteiger charge is -2.41. The van der Waals surface area contributed by atoms with E-state index in [9.17, 15) is 19.8 Å². The number of hydrogen-bond donors (Lipinski definition) is 2. The fourth-order valence-corrected chi connectivity index (χ4v) is 3.35. The van der Waals surface area contributed by atoms with E-state index in [1.807, 2.05) is 0 Å². The largest absolute Gasteiger partial charge is 0.481 e. The summed E-state index contributed by atoms with van der Waals surface area (Å²) in [6.45, 7) is 5.73. The summed E-state index contributed by atoms with van der Waals surface area (Å²) in [7, 11) is 0. The van der Waals surface area contributed by atoms with Gasteiger partial charge in [0.2, 0.25) is 0 Å². The molecule has 0 saturated carbocycles. The van der Waals surface area contributed by atoms with E-state index in [1.54, 1.807) is 23.6 Å². The molecule has 2 aliphatic rings. The SMILES string of the molecule is CC(O)C1CCN(C(=O)N2CCCC(C)(C(=O)O)C2)CC1. The minimum atomic E-state index is -0.828. The first-order valence-corrected chi connectivity index (χ1v) is 7.79. The van der Waals surface area contributed by atoms with Crippen molar-refractivity contribution in [2.24, 2.45) is 11.3 Å². The molecule has 2 amide bonds. The van der Waals surface area contributed by atoms with Crippen LogP contribution < -0.4 is 0 Å². The maximum absolute atomic E-state index is 12.5. The molecule has 0 aromatic rings. The van der Waals surface area contributed by atoms with Gasteiger partial charge in [0, 0.05) is 26.2 Å². The summed E-state index contributed by atoms with van der Waals surface area (Å²) in [5.74, 6) is -0.562. The molecule has 2 N–H and O–H groups in total. The second kappa shape index (κ2) is 6.22. The molecule has 2 atom stereocenters. The number of aliphatic hydroxyl groups is 1. The fourth-order valence-electron chi connectivity index (χ4n) is 3.35.